The molecule has 1 heterocycles. The van der Waals surface area contributed by atoms with Crippen molar-refractivity contribution in [1.82, 2.24) is 9.97 Å². The maximum Gasteiger partial charge on any atom is 0.336 e. The predicted molar refractivity (Wildman–Crippen MR) is 102 cm³/mol. The highest BCUT2D eigenvalue weighted by molar-refractivity contribution is 6.20. The summed E-state index contributed by atoms with van der Waals surface area (Å²) >= 11 is 0. The van der Waals surface area contributed by atoms with E-state index in [0.29, 0.717) is 23.0 Å². The molecule has 0 radical (unpaired) electrons. The number of imide groups is 1. The molecular formula is C19H24N4O4. The summed E-state index contributed by atoms with van der Waals surface area (Å²) in [5, 5.41) is 0. The Bertz CT molecular complexity index is 796. The molecule has 2 rings (SSSR count). The first-order chi connectivity index (χ1) is 12.7. The molecule has 0 unspecified atom stereocenters. The first-order valence-electron chi connectivity index (χ1n) is 8.30. The van der Waals surface area contributed by atoms with Crippen LogP contribution in [0.2, 0.25) is 0 Å². The lowest BCUT2D eigenvalue weighted by molar-refractivity contribution is -0.125. The number of carbonyl (C=O) groups excluding carboxylic acids is 2. The topological polar surface area (TPSA) is 84.9 Å². The van der Waals surface area contributed by atoms with Gasteiger partial charge >= 0.3 is 6.03 Å². The Morgan fingerprint density at radius 1 is 1.04 bits per heavy atom. The van der Waals surface area contributed by atoms with Gasteiger partial charge in [-0.15, -0.1) is 0 Å². The average molecular weight is 372 g/mol. The van der Waals surface area contributed by atoms with Crippen molar-refractivity contribution in [2.24, 2.45) is 5.41 Å². The van der Waals surface area contributed by atoms with Crippen molar-refractivity contribution in [3.05, 3.63) is 36.8 Å². The molecule has 8 heteroatoms. The van der Waals surface area contributed by atoms with Crippen LogP contribution in [0.15, 0.2) is 36.8 Å². The van der Waals surface area contributed by atoms with Crippen LogP contribution in [-0.2, 0) is 4.79 Å². The van der Waals surface area contributed by atoms with Gasteiger partial charge in [-0.3, -0.25) is 9.69 Å². The summed E-state index contributed by atoms with van der Waals surface area (Å²) in [6.45, 7) is 5.24. The number of hydrogen-bond acceptors (Lipinski definition) is 6. The molecule has 0 aliphatic carbocycles. The molecule has 1 aromatic carbocycles. The van der Waals surface area contributed by atoms with Crippen LogP contribution in [0.5, 0.6) is 11.5 Å². The second-order valence-corrected chi connectivity index (χ2v) is 6.87. The number of carbonyl (C=O) groups is 2. The van der Waals surface area contributed by atoms with Crippen molar-refractivity contribution >= 4 is 23.4 Å². The fourth-order valence-corrected chi connectivity index (χ4v) is 2.30. The average Bonchev–Trinajstić information content (AvgIpc) is 2.66. The van der Waals surface area contributed by atoms with Crippen LogP contribution in [0.25, 0.3) is 0 Å². The third-order valence-corrected chi connectivity index (χ3v) is 3.83. The normalized spacial score (nSPS) is 10.9. The van der Waals surface area contributed by atoms with Gasteiger partial charge in [0.2, 0.25) is 5.91 Å². The highest BCUT2D eigenvalue weighted by Crippen LogP contribution is 2.32. The van der Waals surface area contributed by atoms with Gasteiger partial charge in [-0.25, -0.2) is 19.7 Å². The lowest BCUT2D eigenvalue weighted by Crippen LogP contribution is -2.49. The van der Waals surface area contributed by atoms with E-state index in [0.717, 1.165) is 4.90 Å². The van der Waals surface area contributed by atoms with E-state index < -0.39 is 11.4 Å². The molecule has 2 aromatic rings. The highest BCUT2D eigenvalue weighted by Gasteiger charge is 2.35. The van der Waals surface area contributed by atoms with E-state index in [1.54, 1.807) is 52.1 Å². The van der Waals surface area contributed by atoms with Crippen LogP contribution in [-0.4, -0.2) is 43.2 Å². The van der Waals surface area contributed by atoms with Gasteiger partial charge in [0.1, 0.15) is 23.6 Å². The van der Waals surface area contributed by atoms with Gasteiger partial charge in [-0.1, -0.05) is 20.8 Å². The van der Waals surface area contributed by atoms with Crippen LogP contribution in [0.1, 0.15) is 20.8 Å². The zero-order chi connectivity index (χ0) is 20.2. The summed E-state index contributed by atoms with van der Waals surface area (Å²) < 4.78 is 10.5. The maximum absolute atomic E-state index is 13.2. The number of hydrogen-bond donors (Lipinski definition) is 0. The number of benzene rings is 1. The fourth-order valence-electron chi connectivity index (χ4n) is 2.30. The highest BCUT2D eigenvalue weighted by atomic mass is 16.5. The molecule has 0 N–H and O–H groups in total. The Hall–Kier alpha value is -3.16. The second-order valence-electron chi connectivity index (χ2n) is 6.87. The first-order valence-corrected chi connectivity index (χ1v) is 8.30. The third kappa shape index (κ3) is 4.52. The van der Waals surface area contributed by atoms with Crippen molar-refractivity contribution in [2.45, 2.75) is 20.8 Å². The Balaban J connectivity index is 2.56. The lowest BCUT2D eigenvalue weighted by Gasteiger charge is -2.31. The molecular weight excluding hydrogens is 348 g/mol. The van der Waals surface area contributed by atoms with Crippen molar-refractivity contribution < 1.29 is 19.1 Å². The minimum absolute atomic E-state index is 0.344. The Labute approximate surface area is 158 Å². The van der Waals surface area contributed by atoms with Gasteiger partial charge in [0.15, 0.2) is 0 Å². The van der Waals surface area contributed by atoms with E-state index in [9.17, 15) is 9.59 Å². The molecule has 0 saturated heterocycles. The van der Waals surface area contributed by atoms with E-state index in [4.69, 9.17) is 9.47 Å². The lowest BCUT2D eigenvalue weighted by atomic mass is 9.94. The number of aromatic nitrogens is 2. The zero-order valence-electron chi connectivity index (χ0n) is 16.4. The Morgan fingerprint density at radius 2 is 1.63 bits per heavy atom. The van der Waals surface area contributed by atoms with Crippen molar-refractivity contribution in [3.8, 4) is 11.5 Å². The standard InChI is InChI=1S/C19H24N4O4/c1-19(2,3)17(24)23(13-9-14(26-5)11-15(10-13)27-6)18(25)22(4)16-7-8-20-12-21-16/h7-12H,1-6H3. The van der Waals surface area contributed by atoms with Crippen LogP contribution in [0.4, 0.5) is 16.3 Å². The second kappa shape index (κ2) is 8.03. The molecule has 3 amide bonds. The van der Waals surface area contributed by atoms with Gasteiger partial charge in [-0.2, -0.15) is 0 Å². The van der Waals surface area contributed by atoms with Gasteiger partial charge in [0.25, 0.3) is 0 Å². The molecule has 0 spiro atoms. The summed E-state index contributed by atoms with van der Waals surface area (Å²) in [6.07, 6.45) is 2.86. The number of ether oxygens (including phenoxy) is 2. The van der Waals surface area contributed by atoms with E-state index in [1.807, 2.05) is 0 Å². The van der Waals surface area contributed by atoms with Crippen molar-refractivity contribution in [3.63, 3.8) is 0 Å². The number of amides is 3. The van der Waals surface area contributed by atoms with Crippen molar-refractivity contribution in [1.29, 1.82) is 0 Å². The summed E-state index contributed by atoms with van der Waals surface area (Å²) in [5.41, 5.74) is -0.449. The minimum atomic E-state index is -0.793. The van der Waals surface area contributed by atoms with Crippen LogP contribution >= 0.6 is 0 Å². The molecule has 0 atom stereocenters. The minimum Gasteiger partial charge on any atom is -0.497 e. The van der Waals surface area contributed by atoms with Crippen LogP contribution in [0.3, 0.4) is 0 Å². The van der Waals surface area contributed by atoms with Crippen molar-refractivity contribution in [2.75, 3.05) is 31.1 Å². The number of anilines is 2. The molecule has 1 aromatic heterocycles. The summed E-state index contributed by atoms with van der Waals surface area (Å²) in [5.74, 6) is 0.933. The number of methoxy groups -OCH3 is 2. The largest absolute Gasteiger partial charge is 0.497 e. The van der Waals surface area contributed by atoms with E-state index in [2.05, 4.69) is 9.97 Å². The van der Waals surface area contributed by atoms with E-state index in [1.165, 1.54) is 31.6 Å². The molecule has 0 saturated carbocycles. The number of urea groups is 1. The molecule has 0 aliphatic heterocycles. The quantitative estimate of drug-likeness (QED) is 0.820. The van der Waals surface area contributed by atoms with Gasteiger partial charge < -0.3 is 9.47 Å². The zero-order valence-corrected chi connectivity index (χ0v) is 16.4. The smallest absolute Gasteiger partial charge is 0.336 e. The van der Waals surface area contributed by atoms with E-state index >= 15 is 0 Å². The Kier molecular flexibility index (Phi) is 5.99. The number of rotatable bonds is 4. The maximum atomic E-state index is 13.2. The van der Waals surface area contributed by atoms with E-state index in [-0.39, 0.29) is 5.91 Å². The van der Waals surface area contributed by atoms with Crippen LogP contribution < -0.4 is 19.3 Å². The monoisotopic (exact) mass is 372 g/mol. The SMILES string of the molecule is COc1cc(OC)cc(N(C(=O)N(C)c2ccncn2)C(=O)C(C)(C)C)c1. The summed E-state index contributed by atoms with van der Waals surface area (Å²) in [4.78, 5) is 36.6. The summed E-state index contributed by atoms with van der Waals surface area (Å²) in [7, 11) is 4.55. The Morgan fingerprint density at radius 3 is 2.07 bits per heavy atom. The van der Waals surface area contributed by atoms with Gasteiger partial charge in [0.05, 0.1) is 19.9 Å². The summed E-state index contributed by atoms with van der Waals surface area (Å²) in [6, 6.07) is 5.92. The molecule has 8 nitrogen and oxygen atoms in total. The molecule has 0 aliphatic rings. The molecule has 0 bridgehead atoms. The molecule has 27 heavy (non-hydrogen) atoms. The van der Waals surface area contributed by atoms with Gasteiger partial charge in [-0.05, 0) is 6.07 Å². The van der Waals surface area contributed by atoms with Crippen LogP contribution in [0, 0.1) is 5.41 Å². The fraction of sp³-hybridized carbons (Fsp3) is 0.368. The third-order valence-electron chi connectivity index (χ3n) is 3.83. The first kappa shape index (κ1) is 20.2. The predicted octanol–water partition coefficient (Wildman–Crippen LogP) is 3.13. The van der Waals surface area contributed by atoms with Gasteiger partial charge in [0, 0.05) is 36.9 Å². The number of nitrogens with zero attached hydrogens (tertiary/aromatic N) is 4. The molecule has 144 valence electrons. The molecule has 0 fully saturated rings.